The highest BCUT2D eigenvalue weighted by Crippen LogP contribution is 2.30. The lowest BCUT2D eigenvalue weighted by molar-refractivity contribution is 0.737. The number of imidazole rings is 1. The first-order valence-electron chi connectivity index (χ1n) is 9.27. The van der Waals surface area contributed by atoms with Crippen LogP contribution in [0, 0.1) is 6.92 Å². The van der Waals surface area contributed by atoms with Gasteiger partial charge >= 0.3 is 0 Å². The Kier molecular flexibility index (Phi) is 4.22. The highest BCUT2D eigenvalue weighted by atomic mass is 32.1. The summed E-state index contributed by atoms with van der Waals surface area (Å²) in [5.41, 5.74) is 6.24. The first kappa shape index (κ1) is 17.2. The van der Waals surface area contributed by atoms with E-state index in [4.69, 9.17) is 4.98 Å². The van der Waals surface area contributed by atoms with E-state index >= 15 is 0 Å². The number of hydrogen-bond donors (Lipinski definition) is 2. The van der Waals surface area contributed by atoms with Crippen molar-refractivity contribution in [2.75, 3.05) is 18.4 Å². The van der Waals surface area contributed by atoms with E-state index < -0.39 is 0 Å². The van der Waals surface area contributed by atoms with E-state index in [0.717, 1.165) is 52.9 Å². The number of nitrogens with zero attached hydrogens (tertiary/aromatic N) is 5. The van der Waals surface area contributed by atoms with Crippen LogP contribution in [0.2, 0.25) is 0 Å². The number of nitrogens with one attached hydrogen (secondary N) is 2. The molecule has 0 unspecified atom stereocenters. The molecule has 5 rings (SSSR count). The minimum atomic E-state index is 0.765. The van der Waals surface area contributed by atoms with Crippen LogP contribution in [0.25, 0.3) is 22.5 Å². The molecule has 0 aromatic carbocycles. The molecule has 142 valence electrons. The Morgan fingerprint density at radius 2 is 2.18 bits per heavy atom. The molecule has 0 bridgehead atoms. The van der Waals surface area contributed by atoms with Crippen molar-refractivity contribution in [3.05, 3.63) is 53.6 Å². The number of fused-ring (bicyclic) bond motifs is 1. The van der Waals surface area contributed by atoms with Crippen LogP contribution in [0.1, 0.15) is 17.7 Å². The second kappa shape index (κ2) is 6.88. The number of rotatable bonds is 4. The van der Waals surface area contributed by atoms with Crippen molar-refractivity contribution < 1.29 is 0 Å². The molecule has 0 amide bonds. The standard InChI is InChI=1S/C20H21N7S/c1-13-6-18(28-12-13)25-19-20-22-9-17(15-8-23-26(2)10-15)27(20)11-16(24-19)14-4-3-5-21-7-14/h4,6,8-12,21H,3,5,7H2,1-2H3,(H,24,25). The van der Waals surface area contributed by atoms with E-state index in [1.807, 2.05) is 25.6 Å². The summed E-state index contributed by atoms with van der Waals surface area (Å²) in [7, 11) is 1.92. The van der Waals surface area contributed by atoms with Gasteiger partial charge < -0.3 is 10.6 Å². The largest absolute Gasteiger partial charge is 0.329 e. The lowest BCUT2D eigenvalue weighted by atomic mass is 10.1. The summed E-state index contributed by atoms with van der Waals surface area (Å²) < 4.78 is 3.91. The molecule has 0 saturated heterocycles. The molecule has 0 radical (unpaired) electrons. The number of hydrogen-bond acceptors (Lipinski definition) is 6. The fourth-order valence-corrected chi connectivity index (χ4v) is 4.24. The molecule has 0 spiro atoms. The molecule has 2 N–H and O–H groups in total. The molecule has 4 aromatic heterocycles. The second-order valence-corrected chi connectivity index (χ2v) is 7.93. The van der Waals surface area contributed by atoms with Crippen LogP contribution in [-0.4, -0.2) is 37.2 Å². The van der Waals surface area contributed by atoms with Crippen molar-refractivity contribution in [2.24, 2.45) is 7.05 Å². The molecule has 4 aromatic rings. The van der Waals surface area contributed by atoms with E-state index in [-0.39, 0.29) is 0 Å². The van der Waals surface area contributed by atoms with Crippen LogP contribution in [0.4, 0.5) is 10.8 Å². The summed E-state index contributed by atoms with van der Waals surface area (Å²) in [5, 5.41) is 14.4. The predicted octanol–water partition coefficient (Wildman–Crippen LogP) is 3.62. The van der Waals surface area contributed by atoms with Crippen molar-refractivity contribution >= 4 is 33.4 Å². The van der Waals surface area contributed by atoms with E-state index in [9.17, 15) is 0 Å². The smallest absolute Gasteiger partial charge is 0.181 e. The first-order chi connectivity index (χ1) is 13.7. The quantitative estimate of drug-likeness (QED) is 0.556. The summed E-state index contributed by atoms with van der Waals surface area (Å²) >= 11 is 1.67. The van der Waals surface area contributed by atoms with Crippen molar-refractivity contribution in [1.29, 1.82) is 0 Å². The van der Waals surface area contributed by atoms with Crippen LogP contribution >= 0.6 is 11.3 Å². The maximum Gasteiger partial charge on any atom is 0.181 e. The van der Waals surface area contributed by atoms with Gasteiger partial charge in [0.15, 0.2) is 11.5 Å². The summed E-state index contributed by atoms with van der Waals surface area (Å²) in [6.45, 7) is 3.93. The fourth-order valence-electron chi connectivity index (χ4n) is 3.45. The SMILES string of the molecule is Cc1csc(Nc2nc(C3=CCCNC3)cn3c(-c4cnn(C)c4)cnc23)c1. The zero-order valence-electron chi connectivity index (χ0n) is 15.8. The van der Waals surface area contributed by atoms with Crippen LogP contribution in [0.15, 0.2) is 42.3 Å². The highest BCUT2D eigenvalue weighted by Gasteiger charge is 2.17. The van der Waals surface area contributed by atoms with Gasteiger partial charge in [0.05, 0.1) is 28.8 Å². The molecule has 7 nitrogen and oxygen atoms in total. The van der Waals surface area contributed by atoms with Gasteiger partial charge in [-0.3, -0.25) is 9.08 Å². The third kappa shape index (κ3) is 3.10. The number of aromatic nitrogens is 5. The van der Waals surface area contributed by atoms with Gasteiger partial charge in [0.2, 0.25) is 0 Å². The van der Waals surface area contributed by atoms with Gasteiger partial charge in [0.1, 0.15) is 0 Å². The van der Waals surface area contributed by atoms with Crippen LogP contribution in [-0.2, 0) is 7.05 Å². The molecule has 28 heavy (non-hydrogen) atoms. The molecule has 5 heterocycles. The lowest BCUT2D eigenvalue weighted by Crippen LogP contribution is -2.22. The molecule has 0 atom stereocenters. The Morgan fingerprint density at radius 3 is 2.89 bits per heavy atom. The maximum atomic E-state index is 4.92. The number of aryl methyl sites for hydroxylation is 2. The van der Waals surface area contributed by atoms with Gasteiger partial charge in [-0.2, -0.15) is 5.10 Å². The third-order valence-electron chi connectivity index (χ3n) is 4.82. The molecular formula is C20H21N7S. The summed E-state index contributed by atoms with van der Waals surface area (Å²) in [6.07, 6.45) is 11.1. The van der Waals surface area contributed by atoms with Gasteiger partial charge in [-0.25, -0.2) is 9.97 Å². The van der Waals surface area contributed by atoms with Gasteiger partial charge in [-0.15, -0.1) is 11.3 Å². The summed E-state index contributed by atoms with van der Waals surface area (Å²) in [5.74, 6) is 0.765. The minimum absolute atomic E-state index is 0.765. The van der Waals surface area contributed by atoms with E-state index in [0.29, 0.717) is 0 Å². The van der Waals surface area contributed by atoms with Gasteiger partial charge in [-0.05, 0) is 42.5 Å². The average Bonchev–Trinajstić information content (AvgIpc) is 3.42. The monoisotopic (exact) mass is 391 g/mol. The second-order valence-electron chi connectivity index (χ2n) is 7.02. The first-order valence-corrected chi connectivity index (χ1v) is 10.1. The normalized spacial score (nSPS) is 14.4. The number of thiophene rings is 1. The topological polar surface area (TPSA) is 72.1 Å². The van der Waals surface area contributed by atoms with E-state index in [2.05, 4.69) is 55.8 Å². The Bertz CT molecular complexity index is 1180. The summed E-state index contributed by atoms with van der Waals surface area (Å²) in [4.78, 5) is 9.59. The minimum Gasteiger partial charge on any atom is -0.329 e. The van der Waals surface area contributed by atoms with Crippen LogP contribution in [0.3, 0.4) is 0 Å². The van der Waals surface area contributed by atoms with Crippen molar-refractivity contribution in [1.82, 2.24) is 29.5 Å². The predicted molar refractivity (Wildman–Crippen MR) is 113 cm³/mol. The molecule has 8 heteroatoms. The van der Waals surface area contributed by atoms with Crippen LogP contribution in [0.5, 0.6) is 0 Å². The third-order valence-corrected chi connectivity index (χ3v) is 5.78. The molecule has 0 fully saturated rings. The molecule has 0 saturated carbocycles. The molecule has 0 aliphatic carbocycles. The van der Waals surface area contributed by atoms with E-state index in [1.54, 1.807) is 16.0 Å². The Balaban J connectivity index is 1.68. The fraction of sp³-hybridized carbons (Fsp3) is 0.250. The van der Waals surface area contributed by atoms with Crippen molar-refractivity contribution in [2.45, 2.75) is 13.3 Å². The van der Waals surface area contributed by atoms with Crippen molar-refractivity contribution in [3.8, 4) is 11.3 Å². The maximum absolute atomic E-state index is 4.92. The van der Waals surface area contributed by atoms with Gasteiger partial charge in [0.25, 0.3) is 0 Å². The lowest BCUT2D eigenvalue weighted by Gasteiger charge is -2.16. The van der Waals surface area contributed by atoms with Gasteiger partial charge in [-0.1, -0.05) is 6.08 Å². The van der Waals surface area contributed by atoms with Gasteiger partial charge in [0, 0.05) is 31.5 Å². The van der Waals surface area contributed by atoms with Crippen LogP contribution < -0.4 is 10.6 Å². The Morgan fingerprint density at radius 1 is 1.25 bits per heavy atom. The molecule has 1 aliphatic rings. The average molecular weight is 392 g/mol. The number of anilines is 2. The zero-order chi connectivity index (χ0) is 19.1. The summed E-state index contributed by atoms with van der Waals surface area (Å²) in [6, 6.07) is 2.13. The zero-order valence-corrected chi connectivity index (χ0v) is 16.6. The molecular weight excluding hydrogens is 370 g/mol. The van der Waals surface area contributed by atoms with Crippen molar-refractivity contribution in [3.63, 3.8) is 0 Å². The Hall–Kier alpha value is -2.97. The Labute approximate surface area is 166 Å². The molecule has 1 aliphatic heterocycles. The highest BCUT2D eigenvalue weighted by molar-refractivity contribution is 7.14. The van der Waals surface area contributed by atoms with E-state index in [1.165, 1.54) is 11.1 Å².